The van der Waals surface area contributed by atoms with Crippen LogP contribution in [0.25, 0.3) is 11.3 Å². The van der Waals surface area contributed by atoms with Crippen molar-refractivity contribution in [2.24, 2.45) is 0 Å². The molecule has 0 bridgehead atoms. The van der Waals surface area contributed by atoms with E-state index >= 15 is 0 Å². The van der Waals surface area contributed by atoms with Gasteiger partial charge in [0.05, 0.1) is 17.3 Å². The van der Waals surface area contributed by atoms with Gasteiger partial charge in [0, 0.05) is 27.9 Å². The minimum Gasteiger partial charge on any atom is -0.381 e. The van der Waals surface area contributed by atoms with Gasteiger partial charge in [-0.05, 0) is 25.0 Å². The number of hydrogen-bond donors (Lipinski definition) is 0. The molecule has 0 aliphatic carbocycles. The summed E-state index contributed by atoms with van der Waals surface area (Å²) in [7, 11) is 0. The first kappa shape index (κ1) is 12.3. The number of hydrogen-bond acceptors (Lipinski definition) is 3. The van der Waals surface area contributed by atoms with Crippen molar-refractivity contribution in [3.8, 4) is 11.3 Å². The summed E-state index contributed by atoms with van der Waals surface area (Å²) in [5.74, 6) is 0.490. The third-order valence-corrected chi connectivity index (χ3v) is 4.65. The van der Waals surface area contributed by atoms with Gasteiger partial charge in [-0.3, -0.25) is 0 Å². The lowest BCUT2D eigenvalue weighted by atomic mass is 10.0. The van der Waals surface area contributed by atoms with E-state index in [1.807, 2.05) is 12.1 Å². The summed E-state index contributed by atoms with van der Waals surface area (Å²) in [5.41, 5.74) is 2.24. The number of halogens is 1. The average Bonchev–Trinajstić information content (AvgIpc) is 2.89. The van der Waals surface area contributed by atoms with Gasteiger partial charge >= 0.3 is 0 Å². The molecule has 0 amide bonds. The van der Waals surface area contributed by atoms with Crippen LogP contribution in [0.15, 0.2) is 34.1 Å². The smallest absolute Gasteiger partial charge is 0.0986 e. The summed E-state index contributed by atoms with van der Waals surface area (Å²) in [6.45, 7) is 1.73. The van der Waals surface area contributed by atoms with Gasteiger partial charge < -0.3 is 4.74 Å². The molecule has 1 aliphatic heterocycles. The summed E-state index contributed by atoms with van der Waals surface area (Å²) in [6.07, 6.45) is 2.35. The molecule has 1 saturated heterocycles. The highest BCUT2D eigenvalue weighted by Gasteiger charge is 2.19. The van der Waals surface area contributed by atoms with Gasteiger partial charge in [-0.25, -0.2) is 4.98 Å². The largest absolute Gasteiger partial charge is 0.381 e. The topological polar surface area (TPSA) is 22.1 Å². The van der Waals surface area contributed by atoms with Gasteiger partial charge in [0.15, 0.2) is 0 Å². The van der Waals surface area contributed by atoms with Gasteiger partial charge in [-0.2, -0.15) is 0 Å². The lowest BCUT2D eigenvalue weighted by molar-refractivity contribution is 0.0804. The van der Waals surface area contributed by atoms with Crippen molar-refractivity contribution in [1.82, 2.24) is 4.98 Å². The Labute approximate surface area is 119 Å². The molecule has 94 valence electrons. The van der Waals surface area contributed by atoms with Crippen molar-refractivity contribution < 1.29 is 4.74 Å². The average molecular weight is 324 g/mol. The molecule has 4 heteroatoms. The first-order valence-electron chi connectivity index (χ1n) is 6.12. The maximum Gasteiger partial charge on any atom is 0.0986 e. The number of nitrogens with zero attached hydrogens (tertiary/aromatic N) is 1. The highest BCUT2D eigenvalue weighted by molar-refractivity contribution is 9.10. The van der Waals surface area contributed by atoms with Crippen molar-refractivity contribution >= 4 is 27.3 Å². The van der Waals surface area contributed by atoms with Crippen molar-refractivity contribution in [3.05, 3.63) is 39.1 Å². The van der Waals surface area contributed by atoms with Crippen LogP contribution in [0.3, 0.4) is 0 Å². The van der Waals surface area contributed by atoms with Crippen LogP contribution in [-0.4, -0.2) is 18.2 Å². The monoisotopic (exact) mass is 323 g/mol. The number of benzene rings is 1. The van der Waals surface area contributed by atoms with Crippen molar-refractivity contribution in [3.63, 3.8) is 0 Å². The lowest BCUT2D eigenvalue weighted by Gasteiger charge is -2.19. The predicted molar refractivity (Wildman–Crippen MR) is 78.0 cm³/mol. The molecule has 0 N–H and O–H groups in total. The molecular formula is C14H14BrNOS. The van der Waals surface area contributed by atoms with Gasteiger partial charge in [0.25, 0.3) is 0 Å². The van der Waals surface area contributed by atoms with E-state index in [0.717, 1.165) is 29.8 Å². The number of rotatable bonds is 2. The van der Waals surface area contributed by atoms with Crippen molar-refractivity contribution in [2.75, 3.05) is 13.2 Å². The molecule has 1 unspecified atom stereocenters. The molecule has 18 heavy (non-hydrogen) atoms. The van der Waals surface area contributed by atoms with Crippen LogP contribution in [0.1, 0.15) is 23.8 Å². The van der Waals surface area contributed by atoms with E-state index in [4.69, 9.17) is 9.72 Å². The number of aromatic nitrogens is 1. The van der Waals surface area contributed by atoms with E-state index in [1.54, 1.807) is 11.3 Å². The van der Waals surface area contributed by atoms with E-state index in [2.05, 4.69) is 33.4 Å². The Balaban J connectivity index is 1.84. The van der Waals surface area contributed by atoms with Crippen LogP contribution in [0, 0.1) is 0 Å². The summed E-state index contributed by atoms with van der Waals surface area (Å²) < 4.78 is 6.62. The van der Waals surface area contributed by atoms with Crippen LogP contribution in [0.4, 0.5) is 0 Å². The highest BCUT2D eigenvalue weighted by Crippen LogP contribution is 2.31. The third kappa shape index (κ3) is 2.66. The van der Waals surface area contributed by atoms with Crippen molar-refractivity contribution in [2.45, 2.75) is 18.8 Å². The normalized spacial score (nSPS) is 19.9. The van der Waals surface area contributed by atoms with Gasteiger partial charge in [-0.15, -0.1) is 11.3 Å². The summed E-state index contributed by atoms with van der Waals surface area (Å²) in [5, 5.41) is 3.36. The number of thiazole rings is 1. The molecule has 0 radical (unpaired) electrons. The van der Waals surface area contributed by atoms with Crippen LogP contribution in [0.5, 0.6) is 0 Å². The molecule has 1 aromatic carbocycles. The van der Waals surface area contributed by atoms with E-state index in [1.165, 1.54) is 17.0 Å². The Bertz CT molecular complexity index is 534. The third-order valence-electron chi connectivity index (χ3n) is 3.15. The molecule has 1 aliphatic rings. The molecular weight excluding hydrogens is 310 g/mol. The fourth-order valence-electron chi connectivity index (χ4n) is 2.19. The fraction of sp³-hybridized carbons (Fsp3) is 0.357. The van der Waals surface area contributed by atoms with E-state index in [-0.39, 0.29) is 0 Å². The summed E-state index contributed by atoms with van der Waals surface area (Å²) in [4.78, 5) is 4.76. The molecule has 1 aromatic heterocycles. The standard InChI is InChI=1S/C14H14BrNOS/c15-12-5-1-3-10(7-12)13-9-18-14(16-13)11-4-2-6-17-8-11/h1,3,5,7,9,11H,2,4,6,8H2. The second-order valence-electron chi connectivity index (χ2n) is 4.50. The molecule has 2 heterocycles. The first-order chi connectivity index (χ1) is 8.83. The quantitative estimate of drug-likeness (QED) is 0.813. The van der Waals surface area contributed by atoms with Crippen LogP contribution < -0.4 is 0 Å². The van der Waals surface area contributed by atoms with Crippen LogP contribution in [0.2, 0.25) is 0 Å². The zero-order chi connectivity index (χ0) is 12.4. The fourth-order valence-corrected chi connectivity index (χ4v) is 3.54. The molecule has 0 saturated carbocycles. The lowest BCUT2D eigenvalue weighted by Crippen LogP contribution is -2.15. The Morgan fingerprint density at radius 3 is 3.11 bits per heavy atom. The minimum atomic E-state index is 0.490. The zero-order valence-corrected chi connectivity index (χ0v) is 12.3. The summed E-state index contributed by atoms with van der Waals surface area (Å²) >= 11 is 5.25. The predicted octanol–water partition coefficient (Wildman–Crippen LogP) is 4.47. The highest BCUT2D eigenvalue weighted by atomic mass is 79.9. The molecule has 2 nitrogen and oxygen atoms in total. The molecule has 3 rings (SSSR count). The molecule has 1 fully saturated rings. The Morgan fingerprint density at radius 1 is 1.39 bits per heavy atom. The SMILES string of the molecule is Brc1cccc(-c2csc(C3CCCOC3)n2)c1. The second kappa shape index (κ2) is 5.51. The Hall–Kier alpha value is -0.710. The Kier molecular flexibility index (Phi) is 3.77. The van der Waals surface area contributed by atoms with Gasteiger partial charge in [0.2, 0.25) is 0 Å². The van der Waals surface area contributed by atoms with Crippen LogP contribution >= 0.6 is 27.3 Å². The summed E-state index contributed by atoms with van der Waals surface area (Å²) in [6, 6.07) is 8.28. The van der Waals surface area contributed by atoms with E-state index < -0.39 is 0 Å². The number of ether oxygens (including phenoxy) is 1. The first-order valence-corrected chi connectivity index (χ1v) is 7.79. The van der Waals surface area contributed by atoms with E-state index in [0.29, 0.717) is 5.92 Å². The van der Waals surface area contributed by atoms with Crippen molar-refractivity contribution in [1.29, 1.82) is 0 Å². The second-order valence-corrected chi connectivity index (χ2v) is 6.30. The molecule has 1 atom stereocenters. The maximum absolute atomic E-state index is 5.53. The molecule has 2 aromatic rings. The Morgan fingerprint density at radius 2 is 2.33 bits per heavy atom. The van der Waals surface area contributed by atoms with E-state index in [9.17, 15) is 0 Å². The maximum atomic E-state index is 5.53. The minimum absolute atomic E-state index is 0.490. The van der Waals surface area contributed by atoms with Gasteiger partial charge in [-0.1, -0.05) is 28.1 Å². The molecule has 0 spiro atoms. The van der Waals surface area contributed by atoms with Gasteiger partial charge in [0.1, 0.15) is 0 Å². The zero-order valence-electron chi connectivity index (χ0n) is 9.93. The van der Waals surface area contributed by atoms with Crippen LogP contribution in [-0.2, 0) is 4.74 Å².